The molecule has 0 aromatic carbocycles. The Balaban J connectivity index is 2.47. The molecule has 2 aromatic rings. The Kier molecular flexibility index (Phi) is 3.02. The molecule has 0 unspecified atom stereocenters. The minimum atomic E-state index is -0.528. The number of carbonyl (C=O) groups is 1. The van der Waals surface area contributed by atoms with Crippen molar-refractivity contribution in [3.63, 3.8) is 0 Å². The smallest absolute Gasteiger partial charge is 0.342 e. The van der Waals surface area contributed by atoms with E-state index >= 15 is 0 Å². The fourth-order valence-corrected chi connectivity index (χ4v) is 1.67. The third-order valence-electron chi connectivity index (χ3n) is 2.36. The number of fused-ring (bicyclic) bond motifs is 1. The van der Waals surface area contributed by atoms with E-state index < -0.39 is 5.60 Å². The summed E-state index contributed by atoms with van der Waals surface area (Å²) in [5.41, 5.74) is 0.663. The molecule has 2 aromatic heterocycles. The van der Waals surface area contributed by atoms with Gasteiger partial charge in [-0.25, -0.2) is 14.3 Å². The van der Waals surface area contributed by atoms with Gasteiger partial charge < -0.3 is 4.74 Å². The second-order valence-electron chi connectivity index (χ2n) is 4.95. The van der Waals surface area contributed by atoms with Crippen molar-refractivity contribution in [3.8, 4) is 0 Å². The van der Waals surface area contributed by atoms with Crippen molar-refractivity contribution in [2.75, 3.05) is 0 Å². The highest BCUT2D eigenvalue weighted by Crippen LogP contribution is 2.15. The highest BCUT2D eigenvalue weighted by Gasteiger charge is 2.22. The minimum absolute atomic E-state index is 0.385. The maximum Gasteiger partial charge on any atom is 0.342 e. The van der Waals surface area contributed by atoms with E-state index in [2.05, 4.69) is 15.1 Å². The average molecular weight is 248 g/mol. The SMILES string of the molecule is CCc1c(C(=O)OC(C)(C)C)cnc2ncnn12. The van der Waals surface area contributed by atoms with Gasteiger partial charge in [0.2, 0.25) is 0 Å². The average Bonchev–Trinajstić information content (AvgIpc) is 2.72. The number of carbonyl (C=O) groups excluding carboxylic acids is 1. The molecule has 0 bridgehead atoms. The number of rotatable bonds is 2. The van der Waals surface area contributed by atoms with Gasteiger partial charge in [0.15, 0.2) is 0 Å². The van der Waals surface area contributed by atoms with E-state index in [0.29, 0.717) is 17.8 Å². The first-order valence-corrected chi connectivity index (χ1v) is 5.83. The van der Waals surface area contributed by atoms with Crippen LogP contribution in [0.4, 0.5) is 0 Å². The lowest BCUT2D eigenvalue weighted by Gasteiger charge is -2.20. The van der Waals surface area contributed by atoms with Gasteiger partial charge in [0.25, 0.3) is 5.78 Å². The van der Waals surface area contributed by atoms with E-state index in [1.165, 1.54) is 12.5 Å². The van der Waals surface area contributed by atoms with Gasteiger partial charge in [-0.1, -0.05) is 6.92 Å². The third kappa shape index (κ3) is 2.32. The molecule has 2 rings (SSSR count). The van der Waals surface area contributed by atoms with E-state index in [0.717, 1.165) is 5.69 Å². The second kappa shape index (κ2) is 4.36. The van der Waals surface area contributed by atoms with E-state index in [4.69, 9.17) is 4.74 Å². The second-order valence-corrected chi connectivity index (χ2v) is 4.95. The van der Waals surface area contributed by atoms with E-state index in [1.54, 1.807) is 4.52 Å². The van der Waals surface area contributed by atoms with Gasteiger partial charge in [-0.3, -0.25) is 0 Å². The maximum absolute atomic E-state index is 12.1. The van der Waals surface area contributed by atoms with Crippen molar-refractivity contribution >= 4 is 11.7 Å². The number of ether oxygens (including phenoxy) is 1. The Labute approximate surface area is 105 Å². The van der Waals surface area contributed by atoms with Gasteiger partial charge in [0, 0.05) is 6.20 Å². The van der Waals surface area contributed by atoms with Crippen LogP contribution < -0.4 is 0 Å². The van der Waals surface area contributed by atoms with Crippen molar-refractivity contribution < 1.29 is 9.53 Å². The lowest BCUT2D eigenvalue weighted by atomic mass is 10.1. The van der Waals surface area contributed by atoms with Crippen molar-refractivity contribution in [1.29, 1.82) is 0 Å². The molecular formula is C12H16N4O2. The van der Waals surface area contributed by atoms with Crippen molar-refractivity contribution in [1.82, 2.24) is 19.6 Å². The Morgan fingerprint density at radius 2 is 2.11 bits per heavy atom. The maximum atomic E-state index is 12.1. The Morgan fingerprint density at radius 3 is 2.72 bits per heavy atom. The van der Waals surface area contributed by atoms with Crippen LogP contribution in [0.15, 0.2) is 12.5 Å². The molecule has 0 saturated carbocycles. The number of hydrogen-bond acceptors (Lipinski definition) is 5. The molecule has 0 spiro atoms. The highest BCUT2D eigenvalue weighted by atomic mass is 16.6. The summed E-state index contributed by atoms with van der Waals surface area (Å²) < 4.78 is 6.92. The molecule has 0 fully saturated rings. The van der Waals surface area contributed by atoms with E-state index in [1.807, 2.05) is 27.7 Å². The molecule has 0 aliphatic rings. The van der Waals surface area contributed by atoms with Gasteiger partial charge in [-0.05, 0) is 27.2 Å². The van der Waals surface area contributed by atoms with E-state index in [9.17, 15) is 4.79 Å². The van der Waals surface area contributed by atoms with Crippen molar-refractivity contribution in [3.05, 3.63) is 23.8 Å². The summed E-state index contributed by atoms with van der Waals surface area (Å²) in [6.07, 6.45) is 3.56. The molecule has 18 heavy (non-hydrogen) atoms. The number of hydrogen-bond donors (Lipinski definition) is 0. The summed E-state index contributed by atoms with van der Waals surface area (Å²) in [6.45, 7) is 7.44. The number of esters is 1. The number of nitrogens with zero attached hydrogens (tertiary/aromatic N) is 4. The molecule has 0 radical (unpaired) electrons. The highest BCUT2D eigenvalue weighted by molar-refractivity contribution is 5.90. The fourth-order valence-electron chi connectivity index (χ4n) is 1.67. The van der Waals surface area contributed by atoms with Gasteiger partial charge in [-0.2, -0.15) is 10.1 Å². The van der Waals surface area contributed by atoms with Crippen LogP contribution in [0.1, 0.15) is 43.7 Å². The van der Waals surface area contributed by atoms with Gasteiger partial charge in [0.05, 0.1) is 11.3 Å². The standard InChI is InChI=1S/C12H16N4O2/c1-5-9-8(10(17)18-12(2,3)4)6-13-11-14-7-15-16(9)11/h6-7H,5H2,1-4H3. The summed E-state index contributed by atoms with van der Waals surface area (Å²) in [7, 11) is 0. The van der Waals surface area contributed by atoms with Crippen LogP contribution in [-0.4, -0.2) is 31.2 Å². The van der Waals surface area contributed by atoms with Crippen molar-refractivity contribution in [2.24, 2.45) is 0 Å². The molecule has 0 atom stereocenters. The predicted octanol–water partition coefficient (Wildman–Crippen LogP) is 1.64. The lowest BCUT2D eigenvalue weighted by Crippen LogP contribution is -2.25. The summed E-state index contributed by atoms with van der Waals surface area (Å²) in [5.74, 6) is 0.100. The van der Waals surface area contributed by atoms with Crippen LogP contribution in [-0.2, 0) is 11.2 Å². The Bertz CT molecular complexity index is 583. The summed E-state index contributed by atoms with van der Waals surface area (Å²) in [5, 5.41) is 4.06. The lowest BCUT2D eigenvalue weighted by molar-refractivity contribution is 0.00671. The number of aromatic nitrogens is 4. The minimum Gasteiger partial charge on any atom is -0.456 e. The molecule has 0 aliphatic heterocycles. The molecule has 0 amide bonds. The monoisotopic (exact) mass is 248 g/mol. The normalized spacial score (nSPS) is 11.8. The van der Waals surface area contributed by atoms with Gasteiger partial charge in [0.1, 0.15) is 11.9 Å². The molecule has 6 nitrogen and oxygen atoms in total. The number of aryl methyl sites for hydroxylation is 1. The molecular weight excluding hydrogens is 232 g/mol. The molecule has 6 heteroatoms. The van der Waals surface area contributed by atoms with Gasteiger partial charge >= 0.3 is 5.97 Å². The molecule has 0 N–H and O–H groups in total. The first-order valence-electron chi connectivity index (χ1n) is 5.83. The quantitative estimate of drug-likeness (QED) is 0.756. The molecule has 2 heterocycles. The molecule has 96 valence electrons. The summed E-state index contributed by atoms with van der Waals surface area (Å²) >= 11 is 0. The first-order chi connectivity index (χ1) is 8.42. The molecule has 0 aliphatic carbocycles. The van der Waals surface area contributed by atoms with Crippen LogP contribution >= 0.6 is 0 Å². The zero-order chi connectivity index (χ0) is 13.3. The van der Waals surface area contributed by atoms with Crippen LogP contribution in [0.3, 0.4) is 0 Å². The van der Waals surface area contributed by atoms with Crippen LogP contribution in [0, 0.1) is 0 Å². The van der Waals surface area contributed by atoms with Crippen LogP contribution in [0.2, 0.25) is 0 Å². The molecule has 0 saturated heterocycles. The first kappa shape index (κ1) is 12.5. The zero-order valence-electron chi connectivity index (χ0n) is 11.0. The Hall–Kier alpha value is -1.98. The largest absolute Gasteiger partial charge is 0.456 e. The van der Waals surface area contributed by atoms with Crippen LogP contribution in [0.5, 0.6) is 0 Å². The summed E-state index contributed by atoms with van der Waals surface area (Å²) in [4.78, 5) is 20.2. The Morgan fingerprint density at radius 1 is 1.39 bits per heavy atom. The fraction of sp³-hybridized carbons (Fsp3) is 0.500. The predicted molar refractivity (Wildman–Crippen MR) is 65.3 cm³/mol. The zero-order valence-corrected chi connectivity index (χ0v) is 11.0. The van der Waals surface area contributed by atoms with Crippen molar-refractivity contribution in [2.45, 2.75) is 39.7 Å². The van der Waals surface area contributed by atoms with E-state index in [-0.39, 0.29) is 5.97 Å². The van der Waals surface area contributed by atoms with Gasteiger partial charge in [-0.15, -0.1) is 0 Å². The topological polar surface area (TPSA) is 69.4 Å². The van der Waals surface area contributed by atoms with Crippen LogP contribution in [0.25, 0.3) is 5.78 Å². The third-order valence-corrected chi connectivity index (χ3v) is 2.36. The summed E-state index contributed by atoms with van der Waals surface area (Å²) in [6, 6.07) is 0.